The standard InChI is InChI=1S/C15H24N4O4S2/c1-12-11-18(4-9-23-12)15(16)17-10-13-2-3-14(24-13)25(20,21)19-5-7-22-8-6-19/h2-3,12H,4-11H2,1H3,(H2,16,17). The van der Waals surface area contributed by atoms with Crippen LogP contribution >= 0.6 is 11.3 Å². The molecule has 2 N–H and O–H groups in total. The molecule has 0 spiro atoms. The van der Waals surface area contributed by atoms with Crippen LogP contribution in [0.1, 0.15) is 11.8 Å². The van der Waals surface area contributed by atoms with E-state index in [1.54, 1.807) is 12.1 Å². The topological polar surface area (TPSA) is 97.5 Å². The Morgan fingerprint density at radius 3 is 2.80 bits per heavy atom. The molecule has 0 amide bonds. The van der Waals surface area contributed by atoms with Crippen LogP contribution in [0, 0.1) is 0 Å². The molecule has 1 unspecified atom stereocenters. The SMILES string of the molecule is CC1CN(C(N)=NCc2ccc(S(=O)(=O)N3CCOCC3)s2)CCO1. The molecular formula is C15H24N4O4S2. The van der Waals surface area contributed by atoms with Crippen LogP contribution in [0.5, 0.6) is 0 Å². The zero-order valence-corrected chi connectivity index (χ0v) is 15.9. The molecule has 0 saturated carbocycles. The second-order valence-corrected chi connectivity index (χ2v) is 9.37. The Morgan fingerprint density at radius 2 is 2.08 bits per heavy atom. The van der Waals surface area contributed by atoms with Crippen LogP contribution in [-0.4, -0.2) is 75.7 Å². The third-order valence-electron chi connectivity index (χ3n) is 4.16. The van der Waals surface area contributed by atoms with E-state index < -0.39 is 10.0 Å². The summed E-state index contributed by atoms with van der Waals surface area (Å²) < 4.78 is 37.8. The largest absolute Gasteiger partial charge is 0.379 e. The summed E-state index contributed by atoms with van der Waals surface area (Å²) in [5, 5.41) is 0. The normalized spacial score (nSPS) is 23.8. The molecule has 0 radical (unpaired) electrons. The molecular weight excluding hydrogens is 364 g/mol. The maximum absolute atomic E-state index is 12.6. The van der Waals surface area contributed by atoms with E-state index in [9.17, 15) is 8.42 Å². The lowest BCUT2D eigenvalue weighted by Crippen LogP contribution is -2.47. The number of ether oxygens (including phenoxy) is 2. The highest BCUT2D eigenvalue weighted by molar-refractivity contribution is 7.91. The van der Waals surface area contributed by atoms with Gasteiger partial charge in [-0.05, 0) is 19.1 Å². The zero-order valence-electron chi connectivity index (χ0n) is 14.3. The van der Waals surface area contributed by atoms with Crippen molar-refractivity contribution < 1.29 is 17.9 Å². The van der Waals surface area contributed by atoms with Crippen molar-refractivity contribution in [3.05, 3.63) is 17.0 Å². The minimum atomic E-state index is -3.44. The minimum Gasteiger partial charge on any atom is -0.379 e. The highest BCUT2D eigenvalue weighted by atomic mass is 32.2. The van der Waals surface area contributed by atoms with Crippen LogP contribution in [0.2, 0.25) is 0 Å². The van der Waals surface area contributed by atoms with Gasteiger partial charge < -0.3 is 20.1 Å². The monoisotopic (exact) mass is 388 g/mol. The van der Waals surface area contributed by atoms with Crippen LogP contribution in [0.4, 0.5) is 0 Å². The molecule has 10 heteroatoms. The van der Waals surface area contributed by atoms with Crippen LogP contribution < -0.4 is 5.73 Å². The Kier molecular flexibility index (Phi) is 5.95. The number of sulfonamides is 1. The highest BCUT2D eigenvalue weighted by Gasteiger charge is 2.27. The van der Waals surface area contributed by atoms with Crippen molar-refractivity contribution in [2.75, 3.05) is 46.0 Å². The summed E-state index contributed by atoms with van der Waals surface area (Å²) in [6, 6.07) is 3.45. The first-order chi connectivity index (χ1) is 12.0. The van der Waals surface area contributed by atoms with Gasteiger partial charge in [-0.25, -0.2) is 13.4 Å². The lowest BCUT2D eigenvalue weighted by Gasteiger charge is -2.31. The number of hydrogen-bond acceptors (Lipinski definition) is 6. The maximum Gasteiger partial charge on any atom is 0.252 e. The van der Waals surface area contributed by atoms with Gasteiger partial charge in [-0.15, -0.1) is 11.3 Å². The lowest BCUT2D eigenvalue weighted by molar-refractivity contribution is 0.00529. The summed E-state index contributed by atoms with van der Waals surface area (Å²) in [4.78, 5) is 7.27. The van der Waals surface area contributed by atoms with Gasteiger partial charge in [0.05, 0.1) is 32.5 Å². The van der Waals surface area contributed by atoms with Gasteiger partial charge in [-0.3, -0.25) is 0 Å². The molecule has 0 aliphatic carbocycles. The van der Waals surface area contributed by atoms with E-state index in [4.69, 9.17) is 15.2 Å². The van der Waals surface area contributed by atoms with Gasteiger partial charge in [0.1, 0.15) is 4.21 Å². The lowest BCUT2D eigenvalue weighted by atomic mass is 10.3. The second kappa shape index (κ2) is 8.00. The number of rotatable bonds is 4. The molecule has 1 aromatic heterocycles. The summed E-state index contributed by atoms with van der Waals surface area (Å²) in [6.45, 7) is 6.14. The van der Waals surface area contributed by atoms with Gasteiger partial charge in [-0.1, -0.05) is 0 Å². The first kappa shape index (κ1) is 18.6. The Morgan fingerprint density at radius 1 is 1.32 bits per heavy atom. The van der Waals surface area contributed by atoms with Crippen molar-refractivity contribution in [2.24, 2.45) is 10.7 Å². The summed E-state index contributed by atoms with van der Waals surface area (Å²) >= 11 is 1.25. The summed E-state index contributed by atoms with van der Waals surface area (Å²) in [5.41, 5.74) is 6.05. The van der Waals surface area contributed by atoms with E-state index in [1.807, 2.05) is 11.8 Å². The van der Waals surface area contributed by atoms with E-state index >= 15 is 0 Å². The third-order valence-corrected chi connectivity index (χ3v) is 7.60. The van der Waals surface area contributed by atoms with Gasteiger partial charge in [-0.2, -0.15) is 4.31 Å². The predicted molar refractivity (Wildman–Crippen MR) is 96.2 cm³/mol. The van der Waals surface area contributed by atoms with Crippen LogP contribution in [-0.2, 0) is 26.0 Å². The van der Waals surface area contributed by atoms with Crippen molar-refractivity contribution in [3.63, 3.8) is 0 Å². The Labute approximate surface area is 152 Å². The molecule has 0 bridgehead atoms. The van der Waals surface area contributed by atoms with Gasteiger partial charge in [0.25, 0.3) is 10.0 Å². The van der Waals surface area contributed by atoms with Crippen molar-refractivity contribution >= 4 is 27.3 Å². The number of aliphatic imine (C=N–C) groups is 1. The Balaban J connectivity index is 1.64. The van der Waals surface area contributed by atoms with E-state index in [-0.39, 0.29) is 6.10 Å². The quantitative estimate of drug-likeness (QED) is 0.589. The molecule has 2 aliphatic heterocycles. The van der Waals surface area contributed by atoms with Crippen LogP contribution in [0.25, 0.3) is 0 Å². The van der Waals surface area contributed by atoms with Crippen molar-refractivity contribution in [2.45, 2.75) is 23.8 Å². The van der Waals surface area contributed by atoms with Gasteiger partial charge in [0.15, 0.2) is 5.96 Å². The van der Waals surface area contributed by atoms with Crippen LogP contribution in [0.15, 0.2) is 21.3 Å². The number of hydrogen-bond donors (Lipinski definition) is 1. The molecule has 2 fully saturated rings. The number of thiophene rings is 1. The molecule has 140 valence electrons. The molecule has 25 heavy (non-hydrogen) atoms. The zero-order chi connectivity index (χ0) is 17.9. The van der Waals surface area contributed by atoms with Crippen LogP contribution in [0.3, 0.4) is 0 Å². The molecule has 1 atom stereocenters. The average Bonchev–Trinajstić information content (AvgIpc) is 3.10. The first-order valence-electron chi connectivity index (χ1n) is 8.30. The Hall–Kier alpha value is -1.20. The fourth-order valence-electron chi connectivity index (χ4n) is 2.78. The number of guanidine groups is 1. The summed E-state index contributed by atoms with van der Waals surface area (Å²) in [6.07, 6.45) is 0.134. The Bertz CT molecular complexity index is 713. The fraction of sp³-hybridized carbons (Fsp3) is 0.667. The second-order valence-electron chi connectivity index (χ2n) is 6.04. The fourth-order valence-corrected chi connectivity index (χ4v) is 5.62. The van der Waals surface area contributed by atoms with Gasteiger partial charge in [0.2, 0.25) is 0 Å². The van der Waals surface area contributed by atoms with E-state index in [2.05, 4.69) is 4.99 Å². The first-order valence-corrected chi connectivity index (χ1v) is 10.6. The van der Waals surface area contributed by atoms with E-state index in [0.29, 0.717) is 49.6 Å². The molecule has 0 aromatic carbocycles. The molecule has 3 heterocycles. The van der Waals surface area contributed by atoms with Crippen molar-refractivity contribution in [1.29, 1.82) is 0 Å². The highest BCUT2D eigenvalue weighted by Crippen LogP contribution is 2.26. The molecule has 2 aliphatic rings. The van der Waals surface area contributed by atoms with E-state index in [0.717, 1.165) is 18.0 Å². The average molecular weight is 389 g/mol. The van der Waals surface area contributed by atoms with Gasteiger partial charge in [0, 0.05) is 31.1 Å². The minimum absolute atomic E-state index is 0.134. The smallest absolute Gasteiger partial charge is 0.252 e. The third kappa shape index (κ3) is 4.50. The number of morpholine rings is 2. The summed E-state index contributed by atoms with van der Waals surface area (Å²) in [5.74, 6) is 0.473. The molecule has 8 nitrogen and oxygen atoms in total. The predicted octanol–water partition coefficient (Wildman–Crippen LogP) is 0.304. The summed E-state index contributed by atoms with van der Waals surface area (Å²) in [7, 11) is -3.44. The maximum atomic E-state index is 12.6. The number of nitrogens with zero attached hydrogens (tertiary/aromatic N) is 3. The number of nitrogens with two attached hydrogens (primary N) is 1. The molecule has 3 rings (SSSR count). The van der Waals surface area contributed by atoms with E-state index in [1.165, 1.54) is 15.6 Å². The molecule has 1 aromatic rings. The van der Waals surface area contributed by atoms with Crippen molar-refractivity contribution in [3.8, 4) is 0 Å². The van der Waals surface area contributed by atoms with Gasteiger partial charge >= 0.3 is 0 Å². The molecule has 2 saturated heterocycles. The van der Waals surface area contributed by atoms with Crippen molar-refractivity contribution in [1.82, 2.24) is 9.21 Å².